The second-order valence-electron chi connectivity index (χ2n) is 10.0. The van der Waals surface area contributed by atoms with Gasteiger partial charge in [0.05, 0.1) is 6.04 Å². The van der Waals surface area contributed by atoms with Crippen LogP contribution in [0.15, 0.2) is 78.9 Å². The van der Waals surface area contributed by atoms with E-state index >= 15 is 0 Å². The number of hydrogen-bond donors (Lipinski definition) is 7. The van der Waals surface area contributed by atoms with E-state index in [0.717, 1.165) is 16.3 Å². The number of anilines is 3. The lowest BCUT2D eigenvalue weighted by molar-refractivity contribution is -0.120. The van der Waals surface area contributed by atoms with E-state index in [-0.39, 0.29) is 17.6 Å². The third-order valence-corrected chi connectivity index (χ3v) is 6.91. The molecule has 0 unspecified atom stereocenters. The van der Waals surface area contributed by atoms with Gasteiger partial charge in [-0.25, -0.2) is 4.79 Å². The molecule has 0 saturated heterocycles. The molecule has 1 aromatic heterocycles. The highest BCUT2D eigenvalue weighted by Gasteiger charge is 2.16. The first-order chi connectivity index (χ1) is 20.6. The van der Waals surface area contributed by atoms with Crippen molar-refractivity contribution >= 4 is 62.5 Å². The highest BCUT2D eigenvalue weighted by molar-refractivity contribution is 6.09. The largest absolute Gasteiger partial charge is 0.507 e. The van der Waals surface area contributed by atoms with Gasteiger partial charge in [-0.05, 0) is 72.8 Å². The minimum absolute atomic E-state index is 0.0881. The number of benzene rings is 4. The van der Waals surface area contributed by atoms with Gasteiger partial charge in [0.2, 0.25) is 5.91 Å². The van der Waals surface area contributed by atoms with Crippen LogP contribution in [-0.4, -0.2) is 39.9 Å². The number of urea groups is 1. The summed E-state index contributed by atoms with van der Waals surface area (Å²) in [5.74, 6) is -1.27. The molecule has 218 valence electrons. The summed E-state index contributed by atoms with van der Waals surface area (Å²) in [4.78, 5) is 52.6. The molecule has 5 amide bonds. The molecule has 0 spiro atoms. The predicted molar refractivity (Wildman–Crippen MR) is 166 cm³/mol. The van der Waals surface area contributed by atoms with E-state index in [0.29, 0.717) is 45.6 Å². The summed E-state index contributed by atoms with van der Waals surface area (Å²) in [6.45, 7) is 3.45. The fourth-order valence-corrected chi connectivity index (χ4v) is 4.73. The number of amides is 5. The lowest BCUT2D eigenvalue weighted by Gasteiger charge is -2.14. The average molecular weight is 579 g/mol. The summed E-state index contributed by atoms with van der Waals surface area (Å²) in [5, 5.41) is 23.2. The molecule has 8 N–H and O–H groups in total. The number of nitrogens with two attached hydrogens (primary N) is 1. The van der Waals surface area contributed by atoms with Gasteiger partial charge in [-0.2, -0.15) is 0 Å². The van der Waals surface area contributed by atoms with Crippen LogP contribution in [0.3, 0.4) is 0 Å². The number of carbonyl (C=O) groups excluding carboxylic acids is 4. The van der Waals surface area contributed by atoms with Crippen molar-refractivity contribution in [2.45, 2.75) is 26.3 Å². The molecule has 11 heteroatoms. The Hall–Kier alpha value is -5.68. The SMILES string of the molecule is CCc1c(NC(=O)c2cc3cc(NC(=O)c4ccc(NC(=O)NC(=O)[C@H](C)N)cc4)ccc3[nH]2)cc(O)c2ccccc12. The highest BCUT2D eigenvalue weighted by atomic mass is 16.3. The van der Waals surface area contributed by atoms with Gasteiger partial charge < -0.3 is 31.8 Å². The number of aryl methyl sites for hydroxylation is 1. The lowest BCUT2D eigenvalue weighted by Crippen LogP contribution is -2.43. The number of nitrogens with one attached hydrogen (secondary N) is 5. The Morgan fingerprint density at radius 2 is 1.53 bits per heavy atom. The van der Waals surface area contributed by atoms with Crippen molar-refractivity contribution in [2.24, 2.45) is 5.73 Å². The number of aromatic nitrogens is 1. The molecule has 0 bridgehead atoms. The average Bonchev–Trinajstić information content (AvgIpc) is 3.41. The Morgan fingerprint density at radius 1 is 0.837 bits per heavy atom. The molecule has 1 atom stereocenters. The molecule has 0 fully saturated rings. The van der Waals surface area contributed by atoms with Gasteiger partial charge >= 0.3 is 6.03 Å². The van der Waals surface area contributed by atoms with Gasteiger partial charge in [0, 0.05) is 45.0 Å². The molecule has 0 aliphatic carbocycles. The van der Waals surface area contributed by atoms with Crippen LogP contribution in [0.5, 0.6) is 5.75 Å². The first kappa shape index (κ1) is 28.8. The van der Waals surface area contributed by atoms with Crippen LogP contribution >= 0.6 is 0 Å². The zero-order valence-electron chi connectivity index (χ0n) is 23.4. The topological polar surface area (TPSA) is 178 Å². The van der Waals surface area contributed by atoms with E-state index in [1.807, 2.05) is 31.2 Å². The van der Waals surface area contributed by atoms with Crippen LogP contribution in [0.4, 0.5) is 21.9 Å². The summed E-state index contributed by atoms with van der Waals surface area (Å²) in [7, 11) is 0. The Kier molecular flexibility index (Phi) is 8.08. The van der Waals surface area contributed by atoms with E-state index in [2.05, 4.69) is 26.3 Å². The summed E-state index contributed by atoms with van der Waals surface area (Å²) >= 11 is 0. The molecule has 0 aliphatic heterocycles. The third kappa shape index (κ3) is 6.31. The second-order valence-corrected chi connectivity index (χ2v) is 10.0. The smallest absolute Gasteiger partial charge is 0.325 e. The molecule has 43 heavy (non-hydrogen) atoms. The van der Waals surface area contributed by atoms with Gasteiger partial charge in [-0.3, -0.25) is 19.7 Å². The molecule has 5 rings (SSSR count). The van der Waals surface area contributed by atoms with E-state index < -0.39 is 18.0 Å². The van der Waals surface area contributed by atoms with Crippen molar-refractivity contribution in [2.75, 3.05) is 16.0 Å². The van der Waals surface area contributed by atoms with E-state index in [4.69, 9.17) is 5.73 Å². The number of aromatic hydroxyl groups is 1. The summed E-state index contributed by atoms with van der Waals surface area (Å²) in [5.41, 5.74) is 9.17. The van der Waals surface area contributed by atoms with Crippen molar-refractivity contribution < 1.29 is 24.3 Å². The minimum Gasteiger partial charge on any atom is -0.507 e. The summed E-state index contributed by atoms with van der Waals surface area (Å²) < 4.78 is 0. The maximum atomic E-state index is 13.2. The molecule has 11 nitrogen and oxygen atoms in total. The fraction of sp³-hybridized carbons (Fsp3) is 0.125. The van der Waals surface area contributed by atoms with Gasteiger partial charge in [-0.15, -0.1) is 0 Å². The third-order valence-electron chi connectivity index (χ3n) is 6.91. The molecule has 1 heterocycles. The quantitative estimate of drug-likeness (QED) is 0.141. The van der Waals surface area contributed by atoms with Crippen LogP contribution in [0.1, 0.15) is 40.3 Å². The van der Waals surface area contributed by atoms with Gasteiger partial charge in [0.25, 0.3) is 11.8 Å². The zero-order chi connectivity index (χ0) is 30.7. The van der Waals surface area contributed by atoms with E-state index in [1.54, 1.807) is 30.3 Å². The Bertz CT molecular complexity index is 1880. The molecule has 4 aromatic carbocycles. The number of aromatic amines is 1. The molecule has 0 aliphatic rings. The molecule has 0 radical (unpaired) electrons. The summed E-state index contributed by atoms with van der Waals surface area (Å²) in [6.07, 6.45) is 0.663. The number of hydrogen-bond acceptors (Lipinski definition) is 6. The molecular formula is C32H30N6O5. The highest BCUT2D eigenvalue weighted by Crippen LogP contribution is 2.34. The number of imide groups is 1. The number of phenols is 1. The van der Waals surface area contributed by atoms with Gasteiger partial charge in [-0.1, -0.05) is 31.2 Å². The Balaban J connectivity index is 1.26. The Labute approximate surface area is 246 Å². The minimum atomic E-state index is -0.828. The van der Waals surface area contributed by atoms with Crippen molar-refractivity contribution in [1.29, 1.82) is 0 Å². The normalized spacial score (nSPS) is 11.6. The number of fused-ring (bicyclic) bond motifs is 2. The predicted octanol–water partition coefficient (Wildman–Crippen LogP) is 5.09. The number of phenolic OH excluding ortho intramolecular Hbond substituents is 1. The zero-order valence-corrected chi connectivity index (χ0v) is 23.4. The monoisotopic (exact) mass is 578 g/mol. The first-order valence-electron chi connectivity index (χ1n) is 13.6. The Morgan fingerprint density at radius 3 is 2.23 bits per heavy atom. The van der Waals surface area contributed by atoms with Crippen molar-refractivity contribution in [3.8, 4) is 5.75 Å². The maximum Gasteiger partial charge on any atom is 0.325 e. The van der Waals surface area contributed by atoms with Crippen molar-refractivity contribution in [3.63, 3.8) is 0 Å². The van der Waals surface area contributed by atoms with E-state index in [1.165, 1.54) is 31.2 Å². The van der Waals surface area contributed by atoms with Crippen LogP contribution in [0, 0.1) is 0 Å². The van der Waals surface area contributed by atoms with Gasteiger partial charge in [0.1, 0.15) is 11.4 Å². The van der Waals surface area contributed by atoms with Crippen LogP contribution in [0.2, 0.25) is 0 Å². The number of carbonyl (C=O) groups is 4. The van der Waals surface area contributed by atoms with Crippen LogP contribution in [-0.2, 0) is 11.2 Å². The number of rotatable bonds is 7. The number of H-pyrrole nitrogens is 1. The van der Waals surface area contributed by atoms with Crippen LogP contribution in [0.25, 0.3) is 21.7 Å². The van der Waals surface area contributed by atoms with E-state index in [9.17, 15) is 24.3 Å². The standard InChI is InChI=1S/C32H30N6O5/c1-3-22-23-6-4-5-7-24(23)28(39)16-26(22)37-31(42)27-15-19-14-21(12-13-25(19)36-27)34-30(41)18-8-10-20(11-9-18)35-32(43)38-29(40)17(2)33/h4-17,36,39H,3,33H2,1-2H3,(H,34,41)(H,37,42)(H2,35,38,40,43)/t17-/m0/s1. The molecular weight excluding hydrogens is 548 g/mol. The molecule has 5 aromatic rings. The molecule has 0 saturated carbocycles. The summed E-state index contributed by atoms with van der Waals surface area (Å²) in [6, 6.07) is 20.5. The fourth-order valence-electron chi connectivity index (χ4n) is 4.73. The van der Waals surface area contributed by atoms with Crippen molar-refractivity contribution in [3.05, 3.63) is 95.7 Å². The lowest BCUT2D eigenvalue weighted by atomic mass is 9.99. The first-order valence-corrected chi connectivity index (χ1v) is 13.6. The van der Waals surface area contributed by atoms with Crippen LogP contribution < -0.4 is 27.0 Å². The van der Waals surface area contributed by atoms with Crippen molar-refractivity contribution in [1.82, 2.24) is 10.3 Å². The van der Waals surface area contributed by atoms with Gasteiger partial charge in [0.15, 0.2) is 0 Å². The second kappa shape index (κ2) is 12.0. The maximum absolute atomic E-state index is 13.2.